The van der Waals surface area contributed by atoms with E-state index < -0.39 is 0 Å². The van der Waals surface area contributed by atoms with Crippen molar-refractivity contribution in [2.24, 2.45) is 5.84 Å². The minimum atomic E-state index is 0.0679. The number of rotatable bonds is 5. The number of likely N-dealkylation sites (tertiary alicyclic amines) is 1. The number of hydrogen-bond acceptors (Lipinski definition) is 4. The van der Waals surface area contributed by atoms with Crippen molar-refractivity contribution in [1.82, 2.24) is 15.3 Å². The predicted molar refractivity (Wildman–Crippen MR) is 78.6 cm³/mol. The molecular formula is C15H26N4. The number of piperidine rings is 1. The Morgan fingerprint density at radius 3 is 2.47 bits per heavy atom. The van der Waals surface area contributed by atoms with Crippen LogP contribution in [0.3, 0.4) is 0 Å². The van der Waals surface area contributed by atoms with Gasteiger partial charge in [-0.1, -0.05) is 6.42 Å². The van der Waals surface area contributed by atoms with E-state index in [0.717, 1.165) is 6.42 Å². The molecule has 1 saturated heterocycles. The van der Waals surface area contributed by atoms with Gasteiger partial charge >= 0.3 is 0 Å². The van der Waals surface area contributed by atoms with E-state index in [1.54, 1.807) is 0 Å². The van der Waals surface area contributed by atoms with Gasteiger partial charge in [0, 0.05) is 24.0 Å². The van der Waals surface area contributed by atoms with Crippen LogP contribution < -0.4 is 11.3 Å². The molecule has 1 unspecified atom stereocenters. The number of nitrogens with two attached hydrogens (primary N) is 1. The van der Waals surface area contributed by atoms with E-state index in [-0.39, 0.29) is 11.6 Å². The van der Waals surface area contributed by atoms with Crippen molar-refractivity contribution in [3.8, 4) is 0 Å². The third-order valence-corrected chi connectivity index (χ3v) is 4.41. The molecule has 0 radical (unpaired) electrons. The zero-order chi connectivity index (χ0) is 13.7. The van der Waals surface area contributed by atoms with Crippen molar-refractivity contribution in [3.63, 3.8) is 0 Å². The molecule has 0 amide bonds. The van der Waals surface area contributed by atoms with Gasteiger partial charge in [0.25, 0.3) is 0 Å². The second kappa shape index (κ2) is 6.46. The maximum Gasteiger partial charge on any atom is 0.0429 e. The molecule has 0 bridgehead atoms. The number of pyridine rings is 1. The van der Waals surface area contributed by atoms with Crippen LogP contribution in [0.1, 0.15) is 38.7 Å². The Balaban J connectivity index is 2.06. The third-order valence-electron chi connectivity index (χ3n) is 4.41. The molecule has 19 heavy (non-hydrogen) atoms. The fraction of sp³-hybridized carbons (Fsp3) is 0.667. The van der Waals surface area contributed by atoms with Gasteiger partial charge < -0.3 is 0 Å². The highest BCUT2D eigenvalue weighted by atomic mass is 15.3. The molecule has 2 heterocycles. The van der Waals surface area contributed by atoms with E-state index in [0.29, 0.717) is 0 Å². The summed E-state index contributed by atoms with van der Waals surface area (Å²) in [6, 6.07) is 4.38. The normalized spacial score (nSPS) is 19.3. The maximum absolute atomic E-state index is 5.82. The van der Waals surface area contributed by atoms with E-state index in [4.69, 9.17) is 5.84 Å². The fourth-order valence-corrected chi connectivity index (χ4v) is 2.96. The molecular weight excluding hydrogens is 236 g/mol. The Morgan fingerprint density at radius 2 is 1.89 bits per heavy atom. The van der Waals surface area contributed by atoms with Gasteiger partial charge in [-0.2, -0.15) is 0 Å². The van der Waals surface area contributed by atoms with Gasteiger partial charge in [0.1, 0.15) is 0 Å². The lowest BCUT2D eigenvalue weighted by molar-refractivity contribution is 0.0611. The van der Waals surface area contributed by atoms with Crippen LogP contribution in [0.5, 0.6) is 0 Å². The molecule has 1 aliphatic heterocycles. The lowest BCUT2D eigenvalue weighted by atomic mass is 9.86. The number of aromatic nitrogens is 1. The van der Waals surface area contributed by atoms with Crippen LogP contribution in [0.4, 0.5) is 0 Å². The molecule has 0 aromatic carbocycles. The molecule has 0 saturated carbocycles. The fourth-order valence-electron chi connectivity index (χ4n) is 2.96. The zero-order valence-corrected chi connectivity index (χ0v) is 12.1. The van der Waals surface area contributed by atoms with Gasteiger partial charge in [-0.15, -0.1) is 0 Å². The van der Waals surface area contributed by atoms with Crippen LogP contribution in [-0.4, -0.2) is 34.6 Å². The lowest BCUT2D eigenvalue weighted by Gasteiger charge is -2.45. The average molecular weight is 262 g/mol. The largest absolute Gasteiger partial charge is 0.297 e. The summed E-state index contributed by atoms with van der Waals surface area (Å²) in [5.41, 5.74) is 4.37. The van der Waals surface area contributed by atoms with E-state index in [1.165, 1.54) is 37.9 Å². The molecule has 4 heteroatoms. The molecule has 1 aliphatic rings. The highest BCUT2D eigenvalue weighted by Crippen LogP contribution is 2.25. The molecule has 1 aromatic heterocycles. The average Bonchev–Trinajstić information content (AvgIpc) is 2.46. The van der Waals surface area contributed by atoms with Crippen molar-refractivity contribution < 1.29 is 0 Å². The smallest absolute Gasteiger partial charge is 0.0429 e. The van der Waals surface area contributed by atoms with Gasteiger partial charge in [-0.05, 0) is 63.9 Å². The Hall–Kier alpha value is -0.970. The zero-order valence-electron chi connectivity index (χ0n) is 12.1. The Kier molecular flexibility index (Phi) is 4.91. The minimum absolute atomic E-state index is 0.0679. The van der Waals surface area contributed by atoms with Crippen LogP contribution in [0.2, 0.25) is 0 Å². The standard InChI is InChI=1S/C15H26N4/c1-15(2,19-10-4-3-5-11-19)14(18-16)12-13-6-8-17-9-7-13/h6-9,14,18H,3-5,10-12,16H2,1-2H3. The summed E-state index contributed by atoms with van der Waals surface area (Å²) >= 11 is 0. The Bertz CT molecular complexity index is 371. The molecule has 0 aliphatic carbocycles. The SMILES string of the molecule is CC(C)(C(Cc1ccncc1)NN)N1CCCCC1. The van der Waals surface area contributed by atoms with E-state index in [2.05, 4.69) is 41.3 Å². The van der Waals surface area contributed by atoms with E-state index >= 15 is 0 Å². The van der Waals surface area contributed by atoms with Crippen LogP contribution >= 0.6 is 0 Å². The summed E-state index contributed by atoms with van der Waals surface area (Å²) in [6.45, 7) is 6.96. The van der Waals surface area contributed by atoms with E-state index in [1.807, 2.05) is 12.4 Å². The van der Waals surface area contributed by atoms with Crippen molar-refractivity contribution in [3.05, 3.63) is 30.1 Å². The Morgan fingerprint density at radius 1 is 1.26 bits per heavy atom. The number of nitrogens with one attached hydrogen (secondary N) is 1. The van der Waals surface area contributed by atoms with Crippen LogP contribution in [0, 0.1) is 0 Å². The van der Waals surface area contributed by atoms with Gasteiger partial charge in [0.15, 0.2) is 0 Å². The molecule has 1 atom stereocenters. The lowest BCUT2D eigenvalue weighted by Crippen LogP contribution is -2.61. The number of hydrazine groups is 1. The predicted octanol–water partition coefficient (Wildman–Crippen LogP) is 1.72. The second-order valence-corrected chi connectivity index (χ2v) is 5.98. The molecule has 4 nitrogen and oxygen atoms in total. The first-order valence-electron chi connectivity index (χ1n) is 7.24. The van der Waals surface area contributed by atoms with Gasteiger partial charge in [-0.25, -0.2) is 0 Å². The van der Waals surface area contributed by atoms with E-state index in [9.17, 15) is 0 Å². The highest BCUT2D eigenvalue weighted by molar-refractivity contribution is 5.13. The van der Waals surface area contributed by atoms with Gasteiger partial charge in [0.05, 0.1) is 0 Å². The molecule has 1 aromatic rings. The number of hydrogen-bond donors (Lipinski definition) is 2. The molecule has 1 fully saturated rings. The third kappa shape index (κ3) is 3.53. The molecule has 2 rings (SSSR count). The van der Waals surface area contributed by atoms with Crippen LogP contribution in [-0.2, 0) is 6.42 Å². The topological polar surface area (TPSA) is 54.2 Å². The first-order chi connectivity index (χ1) is 9.14. The first-order valence-corrected chi connectivity index (χ1v) is 7.24. The molecule has 3 N–H and O–H groups in total. The summed E-state index contributed by atoms with van der Waals surface area (Å²) in [5, 5.41) is 0. The summed E-state index contributed by atoms with van der Waals surface area (Å²) in [5.74, 6) is 5.82. The van der Waals surface area contributed by atoms with Crippen molar-refractivity contribution in [2.45, 2.75) is 51.1 Å². The summed E-state index contributed by atoms with van der Waals surface area (Å²) in [6.07, 6.45) is 8.58. The van der Waals surface area contributed by atoms with Crippen molar-refractivity contribution in [1.29, 1.82) is 0 Å². The second-order valence-electron chi connectivity index (χ2n) is 5.98. The van der Waals surface area contributed by atoms with Crippen molar-refractivity contribution >= 4 is 0 Å². The van der Waals surface area contributed by atoms with Crippen LogP contribution in [0.15, 0.2) is 24.5 Å². The number of nitrogens with zero attached hydrogens (tertiary/aromatic N) is 2. The molecule has 0 spiro atoms. The molecule has 106 valence electrons. The summed E-state index contributed by atoms with van der Waals surface area (Å²) in [4.78, 5) is 6.64. The summed E-state index contributed by atoms with van der Waals surface area (Å²) in [7, 11) is 0. The van der Waals surface area contributed by atoms with Gasteiger partial charge in [-0.3, -0.25) is 21.2 Å². The minimum Gasteiger partial charge on any atom is -0.297 e. The summed E-state index contributed by atoms with van der Waals surface area (Å²) < 4.78 is 0. The first kappa shape index (κ1) is 14.4. The monoisotopic (exact) mass is 262 g/mol. The maximum atomic E-state index is 5.82. The van der Waals surface area contributed by atoms with Gasteiger partial charge in [0.2, 0.25) is 0 Å². The highest BCUT2D eigenvalue weighted by Gasteiger charge is 2.35. The van der Waals surface area contributed by atoms with Crippen LogP contribution in [0.25, 0.3) is 0 Å². The Labute approximate surface area is 116 Å². The van der Waals surface area contributed by atoms with Crippen molar-refractivity contribution in [2.75, 3.05) is 13.1 Å². The quantitative estimate of drug-likeness (QED) is 0.627.